The van der Waals surface area contributed by atoms with E-state index in [0.717, 1.165) is 32.1 Å². The van der Waals surface area contributed by atoms with E-state index in [0.29, 0.717) is 48.6 Å². The molecule has 4 aliphatic rings. The molecule has 7 atom stereocenters. The van der Waals surface area contributed by atoms with Crippen LogP contribution in [0.1, 0.15) is 126 Å². The molecule has 0 aromatic rings. The first kappa shape index (κ1) is 29.8. The molecule has 0 radical (unpaired) electrons. The Hall–Kier alpha value is -1.19. The van der Waals surface area contributed by atoms with Gasteiger partial charge in [-0.2, -0.15) is 0 Å². The monoisotopic (exact) mass is 464 g/mol. The fraction of sp³-hybridized carbons (Fsp3) is 0.897. The molecule has 33 heavy (non-hydrogen) atoms. The zero-order valence-corrected chi connectivity index (χ0v) is 22.8. The topological polar surface area (TPSA) is 71.4 Å². The molecule has 0 aromatic heterocycles. The van der Waals surface area contributed by atoms with Crippen molar-refractivity contribution in [2.45, 2.75) is 126 Å². The second kappa shape index (κ2) is 13.0. The Morgan fingerprint density at radius 3 is 2.15 bits per heavy atom. The van der Waals surface area contributed by atoms with E-state index in [1.807, 2.05) is 41.5 Å². The number of fused-ring (bicyclic) bond motifs is 5. The molecule has 4 rings (SSSR count). The van der Waals surface area contributed by atoms with Gasteiger partial charge in [-0.15, -0.1) is 0 Å². The molecule has 0 bridgehead atoms. The third-order valence-electron chi connectivity index (χ3n) is 9.22. The quantitative estimate of drug-likeness (QED) is 0.462. The van der Waals surface area contributed by atoms with E-state index in [2.05, 4.69) is 13.8 Å². The number of carbonyl (C=O) groups excluding carboxylic acids is 2. The van der Waals surface area contributed by atoms with Crippen LogP contribution in [0.5, 0.6) is 0 Å². The van der Waals surface area contributed by atoms with Crippen LogP contribution in [-0.2, 0) is 14.4 Å². The number of carboxylic acids is 1. The van der Waals surface area contributed by atoms with Gasteiger partial charge < -0.3 is 5.11 Å². The SMILES string of the molecule is CC.CC.CC.CC12CC(=O)C3C(C(=O)CC4CCCCC43C)C1CCC2CCCC(=O)O. The van der Waals surface area contributed by atoms with Gasteiger partial charge in [0.2, 0.25) is 0 Å². The van der Waals surface area contributed by atoms with Crippen LogP contribution in [0.3, 0.4) is 0 Å². The largest absolute Gasteiger partial charge is 0.481 e. The third kappa shape index (κ3) is 5.73. The molecule has 7 unspecified atom stereocenters. The van der Waals surface area contributed by atoms with E-state index < -0.39 is 5.97 Å². The maximum atomic E-state index is 13.5. The number of hydrogen-bond acceptors (Lipinski definition) is 3. The lowest BCUT2D eigenvalue weighted by atomic mass is 9.44. The molecule has 4 fully saturated rings. The van der Waals surface area contributed by atoms with Crippen LogP contribution in [0.2, 0.25) is 0 Å². The molecule has 0 saturated heterocycles. The summed E-state index contributed by atoms with van der Waals surface area (Å²) in [5.41, 5.74) is -0.0824. The number of hydrogen-bond donors (Lipinski definition) is 1. The number of carboxylic acid groups (broad SMARTS) is 1. The normalized spacial score (nSPS) is 38.6. The van der Waals surface area contributed by atoms with Gasteiger partial charge in [0.1, 0.15) is 11.6 Å². The first-order valence-electron chi connectivity index (χ1n) is 14.0. The molecule has 0 heterocycles. The van der Waals surface area contributed by atoms with Crippen molar-refractivity contribution in [2.24, 2.45) is 40.4 Å². The summed E-state index contributed by atoms with van der Waals surface area (Å²) < 4.78 is 0. The summed E-state index contributed by atoms with van der Waals surface area (Å²) in [6.07, 6.45) is 9.73. The molecule has 1 N–H and O–H groups in total. The number of carbonyl (C=O) groups is 3. The minimum absolute atomic E-state index is 0.0244. The van der Waals surface area contributed by atoms with Crippen molar-refractivity contribution >= 4 is 17.5 Å². The lowest BCUT2D eigenvalue weighted by molar-refractivity contribution is -0.167. The summed E-state index contributed by atoms with van der Waals surface area (Å²) in [4.78, 5) is 37.6. The van der Waals surface area contributed by atoms with E-state index in [4.69, 9.17) is 5.11 Å². The molecular weight excluding hydrogens is 412 g/mol. The maximum Gasteiger partial charge on any atom is 0.303 e. The van der Waals surface area contributed by atoms with Crippen LogP contribution in [0.15, 0.2) is 0 Å². The Balaban J connectivity index is 0.000000841. The van der Waals surface area contributed by atoms with Crippen molar-refractivity contribution in [2.75, 3.05) is 0 Å². The van der Waals surface area contributed by atoms with Crippen LogP contribution in [-0.4, -0.2) is 22.6 Å². The van der Waals surface area contributed by atoms with Crippen molar-refractivity contribution in [1.82, 2.24) is 0 Å². The fourth-order valence-corrected chi connectivity index (χ4v) is 7.84. The third-order valence-corrected chi connectivity index (χ3v) is 9.22. The van der Waals surface area contributed by atoms with E-state index in [1.165, 1.54) is 12.8 Å². The Morgan fingerprint density at radius 2 is 1.55 bits per heavy atom. The Bertz CT molecular complexity index is 656. The Kier molecular flexibility index (Phi) is 11.8. The highest BCUT2D eigenvalue weighted by Crippen LogP contribution is 2.66. The van der Waals surface area contributed by atoms with Crippen molar-refractivity contribution < 1.29 is 19.5 Å². The van der Waals surface area contributed by atoms with Crippen molar-refractivity contribution in [1.29, 1.82) is 0 Å². The summed E-state index contributed by atoms with van der Waals surface area (Å²) in [5.74, 6) is 0.944. The average molecular weight is 465 g/mol. The lowest BCUT2D eigenvalue weighted by Gasteiger charge is -2.58. The summed E-state index contributed by atoms with van der Waals surface area (Å²) in [6, 6.07) is 0. The van der Waals surface area contributed by atoms with Gasteiger partial charge in [0.05, 0.1) is 0 Å². The highest BCUT2D eigenvalue weighted by molar-refractivity contribution is 5.94. The number of aliphatic carboxylic acids is 1. The van der Waals surface area contributed by atoms with Crippen LogP contribution < -0.4 is 0 Å². The van der Waals surface area contributed by atoms with Gasteiger partial charge in [-0.05, 0) is 67.1 Å². The molecule has 0 spiro atoms. The van der Waals surface area contributed by atoms with E-state index >= 15 is 0 Å². The summed E-state index contributed by atoms with van der Waals surface area (Å²) in [7, 11) is 0. The highest BCUT2D eigenvalue weighted by Gasteiger charge is 2.64. The van der Waals surface area contributed by atoms with Gasteiger partial charge in [0, 0.05) is 31.1 Å². The van der Waals surface area contributed by atoms with Crippen molar-refractivity contribution in [3.63, 3.8) is 0 Å². The molecular formula is C29H52O4. The van der Waals surface area contributed by atoms with Crippen molar-refractivity contribution in [3.05, 3.63) is 0 Å². The van der Waals surface area contributed by atoms with E-state index in [1.54, 1.807) is 0 Å². The van der Waals surface area contributed by atoms with Gasteiger partial charge >= 0.3 is 5.97 Å². The highest BCUT2D eigenvalue weighted by atomic mass is 16.4. The number of ketones is 2. The predicted molar refractivity (Wildman–Crippen MR) is 136 cm³/mol. The first-order chi connectivity index (χ1) is 15.8. The van der Waals surface area contributed by atoms with Crippen LogP contribution in [0, 0.1) is 40.4 Å². The lowest BCUT2D eigenvalue weighted by Crippen LogP contribution is -2.59. The summed E-state index contributed by atoms with van der Waals surface area (Å²) in [5, 5.41) is 8.95. The fourth-order valence-electron chi connectivity index (χ4n) is 7.84. The Labute approximate surface area is 203 Å². The molecule has 4 aliphatic carbocycles. The molecule has 4 saturated carbocycles. The van der Waals surface area contributed by atoms with Crippen molar-refractivity contribution in [3.8, 4) is 0 Å². The first-order valence-corrected chi connectivity index (χ1v) is 14.0. The smallest absolute Gasteiger partial charge is 0.303 e. The molecule has 0 aliphatic heterocycles. The van der Waals surface area contributed by atoms with Gasteiger partial charge in [0.15, 0.2) is 0 Å². The minimum Gasteiger partial charge on any atom is -0.481 e. The van der Waals surface area contributed by atoms with Gasteiger partial charge in [-0.25, -0.2) is 0 Å². The Morgan fingerprint density at radius 1 is 0.909 bits per heavy atom. The molecule has 4 nitrogen and oxygen atoms in total. The van der Waals surface area contributed by atoms with E-state index in [9.17, 15) is 14.4 Å². The molecule has 192 valence electrons. The molecule has 0 amide bonds. The second-order valence-corrected chi connectivity index (χ2v) is 10.4. The minimum atomic E-state index is -0.742. The van der Waals surface area contributed by atoms with Gasteiger partial charge in [0.25, 0.3) is 0 Å². The standard InChI is InChI=1S/C23H34O4.3C2H6/c1-22-11-4-3-6-15(22)12-17(24)20-16-10-9-14(7-5-8-19(26)27)23(16,2)13-18(25)21(20)22;3*1-2/h14-16,20-21H,3-13H2,1-2H3,(H,26,27);3*1-2H3. The second-order valence-electron chi connectivity index (χ2n) is 10.4. The maximum absolute atomic E-state index is 13.5. The van der Waals surface area contributed by atoms with Crippen LogP contribution in [0.25, 0.3) is 0 Å². The molecule has 0 aromatic carbocycles. The number of rotatable bonds is 4. The van der Waals surface area contributed by atoms with Gasteiger partial charge in [-0.1, -0.05) is 68.2 Å². The van der Waals surface area contributed by atoms with Crippen LogP contribution >= 0.6 is 0 Å². The van der Waals surface area contributed by atoms with Crippen LogP contribution in [0.4, 0.5) is 0 Å². The number of Topliss-reactive ketones (excluding diaryl/α,β-unsaturated/α-hetero) is 2. The average Bonchev–Trinajstić information content (AvgIpc) is 3.13. The van der Waals surface area contributed by atoms with E-state index in [-0.39, 0.29) is 29.1 Å². The summed E-state index contributed by atoms with van der Waals surface area (Å²) >= 11 is 0. The zero-order valence-electron chi connectivity index (χ0n) is 22.8. The zero-order chi connectivity index (χ0) is 25.4. The molecule has 4 heteroatoms. The summed E-state index contributed by atoms with van der Waals surface area (Å²) in [6.45, 7) is 16.5. The predicted octanol–water partition coefficient (Wildman–Crippen LogP) is 7.73. The van der Waals surface area contributed by atoms with Gasteiger partial charge in [-0.3, -0.25) is 14.4 Å².